The van der Waals surface area contributed by atoms with Crippen LogP contribution in [0, 0.1) is 0 Å². The second-order valence-electron chi connectivity index (χ2n) is 3.41. The van der Waals surface area contributed by atoms with Crippen molar-refractivity contribution >= 4 is 6.03 Å². The summed E-state index contributed by atoms with van der Waals surface area (Å²) in [4.78, 5) is 10.8. The molecule has 0 unspecified atom stereocenters. The van der Waals surface area contributed by atoms with Crippen molar-refractivity contribution in [1.29, 1.82) is 0 Å². The van der Waals surface area contributed by atoms with Crippen LogP contribution in [0.5, 0.6) is 0 Å². The molecule has 0 radical (unpaired) electrons. The molecule has 0 heterocycles. The fourth-order valence-electron chi connectivity index (χ4n) is 1.25. The highest BCUT2D eigenvalue weighted by Crippen LogP contribution is 2.04. The number of hydrazine groups is 2. The van der Waals surface area contributed by atoms with Crippen molar-refractivity contribution in [1.82, 2.24) is 10.4 Å². The van der Waals surface area contributed by atoms with E-state index in [2.05, 4.69) is 6.92 Å². The van der Waals surface area contributed by atoms with Gasteiger partial charge < -0.3 is 0 Å². The molecular formula is C9H22N4O. The van der Waals surface area contributed by atoms with Crippen molar-refractivity contribution in [3.05, 3.63) is 0 Å². The lowest BCUT2D eigenvalue weighted by molar-refractivity contribution is 0.198. The Hall–Kier alpha value is -0.810. The average Bonchev–Trinajstić information content (AvgIpc) is 2.21. The van der Waals surface area contributed by atoms with Crippen LogP contribution in [0.3, 0.4) is 0 Å². The molecule has 2 amide bonds. The minimum absolute atomic E-state index is 0.432. The van der Waals surface area contributed by atoms with Crippen LogP contribution in [0.25, 0.3) is 0 Å². The highest BCUT2D eigenvalue weighted by Gasteiger charge is 2.04. The van der Waals surface area contributed by atoms with Gasteiger partial charge in [-0.25, -0.2) is 16.5 Å². The zero-order valence-corrected chi connectivity index (χ0v) is 8.96. The van der Waals surface area contributed by atoms with Crippen molar-refractivity contribution in [2.24, 2.45) is 11.7 Å². The fourth-order valence-corrected chi connectivity index (χ4v) is 1.25. The summed E-state index contributed by atoms with van der Waals surface area (Å²) < 4.78 is 0. The van der Waals surface area contributed by atoms with E-state index in [-0.39, 0.29) is 0 Å². The predicted octanol–water partition coefficient (Wildman–Crippen LogP) is 1.11. The maximum Gasteiger partial charge on any atom is 0.345 e. The molecule has 0 atom stereocenters. The Morgan fingerprint density at radius 1 is 1.21 bits per heavy atom. The smallest absolute Gasteiger partial charge is 0.275 e. The molecule has 0 aliphatic heterocycles. The van der Waals surface area contributed by atoms with Gasteiger partial charge in [0.15, 0.2) is 0 Å². The number of nitrogens with one attached hydrogen (secondary N) is 1. The molecule has 14 heavy (non-hydrogen) atoms. The maximum atomic E-state index is 10.8. The van der Waals surface area contributed by atoms with Gasteiger partial charge in [-0.2, -0.15) is 0 Å². The molecular weight excluding hydrogens is 180 g/mol. The largest absolute Gasteiger partial charge is 0.345 e. The normalized spacial score (nSPS) is 9.93. The van der Waals surface area contributed by atoms with E-state index in [9.17, 15) is 4.79 Å². The first-order valence-corrected chi connectivity index (χ1v) is 5.25. The van der Waals surface area contributed by atoms with Crippen molar-refractivity contribution in [3.63, 3.8) is 0 Å². The monoisotopic (exact) mass is 202 g/mol. The van der Waals surface area contributed by atoms with E-state index in [4.69, 9.17) is 11.7 Å². The van der Waals surface area contributed by atoms with E-state index in [0.717, 1.165) is 17.9 Å². The Morgan fingerprint density at radius 3 is 2.36 bits per heavy atom. The van der Waals surface area contributed by atoms with E-state index in [0.29, 0.717) is 6.54 Å². The highest BCUT2D eigenvalue weighted by atomic mass is 16.2. The molecule has 0 aliphatic rings. The maximum absolute atomic E-state index is 10.8. The molecule has 84 valence electrons. The summed E-state index contributed by atoms with van der Waals surface area (Å²) in [5, 5.41) is 1.11. The second kappa shape index (κ2) is 8.77. The van der Waals surface area contributed by atoms with E-state index >= 15 is 0 Å². The Bertz CT molecular complexity index is 152. The third-order valence-electron chi connectivity index (χ3n) is 2.14. The van der Waals surface area contributed by atoms with Crippen LogP contribution in [-0.2, 0) is 0 Å². The first kappa shape index (κ1) is 13.2. The number of nitrogens with two attached hydrogens (primary N) is 2. The van der Waals surface area contributed by atoms with E-state index < -0.39 is 6.03 Å². The van der Waals surface area contributed by atoms with Crippen molar-refractivity contribution in [2.45, 2.75) is 45.4 Å². The van der Waals surface area contributed by atoms with Gasteiger partial charge in [0.1, 0.15) is 0 Å². The molecule has 5 nitrogen and oxygen atoms in total. The van der Waals surface area contributed by atoms with Gasteiger partial charge in [0.05, 0.1) is 0 Å². The topological polar surface area (TPSA) is 84.4 Å². The number of hydrogen-bond donors (Lipinski definition) is 3. The van der Waals surface area contributed by atoms with Crippen molar-refractivity contribution < 1.29 is 4.79 Å². The third kappa shape index (κ3) is 6.68. The van der Waals surface area contributed by atoms with E-state index in [1.54, 1.807) is 0 Å². The van der Waals surface area contributed by atoms with Gasteiger partial charge in [-0.15, -0.1) is 0 Å². The minimum atomic E-state index is -0.432. The lowest BCUT2D eigenvalue weighted by Gasteiger charge is -2.14. The van der Waals surface area contributed by atoms with Gasteiger partial charge in [-0.3, -0.25) is 10.4 Å². The van der Waals surface area contributed by atoms with Crippen LogP contribution in [0.2, 0.25) is 0 Å². The van der Waals surface area contributed by atoms with Crippen LogP contribution < -0.4 is 17.1 Å². The van der Waals surface area contributed by atoms with Crippen LogP contribution >= 0.6 is 0 Å². The average molecular weight is 202 g/mol. The number of carbonyl (C=O) groups excluding carboxylic acids is 1. The molecule has 5 N–H and O–H groups in total. The molecule has 0 rings (SSSR count). The standard InChI is InChI=1S/C9H22N4O/c1-2-3-4-5-6-7-8-13(11)9(14)12-10/h2-8,10-11H2,1H3,(H,12,14). The summed E-state index contributed by atoms with van der Waals surface area (Å²) >= 11 is 0. The molecule has 0 bridgehead atoms. The number of hydrogen-bond acceptors (Lipinski definition) is 3. The van der Waals surface area contributed by atoms with Gasteiger partial charge >= 0.3 is 6.03 Å². The van der Waals surface area contributed by atoms with E-state index in [1.165, 1.54) is 25.7 Å². The Morgan fingerprint density at radius 2 is 1.79 bits per heavy atom. The summed E-state index contributed by atoms with van der Waals surface area (Å²) in [5.74, 6) is 10.3. The summed E-state index contributed by atoms with van der Waals surface area (Å²) in [6, 6.07) is -0.432. The van der Waals surface area contributed by atoms with Crippen LogP contribution in [0.15, 0.2) is 0 Å². The summed E-state index contributed by atoms with van der Waals surface area (Å²) in [5.41, 5.74) is 1.99. The first-order chi connectivity index (χ1) is 6.72. The molecule has 0 aliphatic carbocycles. The summed E-state index contributed by atoms with van der Waals surface area (Å²) in [7, 11) is 0. The lowest BCUT2D eigenvalue weighted by atomic mass is 10.1. The number of carbonyl (C=O) groups is 1. The SMILES string of the molecule is CCCCCCCCN(N)C(=O)NN. The number of rotatable bonds is 7. The van der Waals surface area contributed by atoms with Crippen LogP contribution in [0.4, 0.5) is 4.79 Å². The number of urea groups is 1. The van der Waals surface area contributed by atoms with Crippen LogP contribution in [0.1, 0.15) is 45.4 Å². The Balaban J connectivity index is 3.23. The minimum Gasteiger partial charge on any atom is -0.275 e. The molecule has 5 heteroatoms. The highest BCUT2D eigenvalue weighted by molar-refractivity contribution is 5.72. The zero-order valence-electron chi connectivity index (χ0n) is 8.96. The molecule has 0 aromatic carbocycles. The molecule has 0 saturated carbocycles. The second-order valence-corrected chi connectivity index (χ2v) is 3.41. The molecule has 0 fully saturated rings. The Kier molecular flexibility index (Phi) is 8.27. The quantitative estimate of drug-likeness (QED) is 0.250. The van der Waals surface area contributed by atoms with E-state index in [1.807, 2.05) is 5.43 Å². The number of nitrogens with zero attached hydrogens (tertiary/aromatic N) is 1. The van der Waals surface area contributed by atoms with Gasteiger partial charge in [-0.05, 0) is 6.42 Å². The molecule has 0 saturated heterocycles. The predicted molar refractivity (Wildman–Crippen MR) is 57.0 cm³/mol. The first-order valence-electron chi connectivity index (χ1n) is 5.25. The fraction of sp³-hybridized carbons (Fsp3) is 0.889. The summed E-state index contributed by atoms with van der Waals surface area (Å²) in [6.07, 6.45) is 7.07. The van der Waals surface area contributed by atoms with Gasteiger partial charge in [0.25, 0.3) is 0 Å². The third-order valence-corrected chi connectivity index (χ3v) is 2.14. The molecule has 0 aromatic heterocycles. The Labute approximate surface area is 85.8 Å². The van der Waals surface area contributed by atoms with Gasteiger partial charge in [0.2, 0.25) is 0 Å². The van der Waals surface area contributed by atoms with Gasteiger partial charge in [-0.1, -0.05) is 39.0 Å². The number of amides is 2. The molecule has 0 spiro atoms. The molecule has 0 aromatic rings. The van der Waals surface area contributed by atoms with Crippen LogP contribution in [-0.4, -0.2) is 17.6 Å². The zero-order chi connectivity index (χ0) is 10.8. The lowest BCUT2D eigenvalue weighted by Crippen LogP contribution is -2.47. The number of unbranched alkanes of at least 4 members (excludes halogenated alkanes) is 5. The van der Waals surface area contributed by atoms with Crippen molar-refractivity contribution in [3.8, 4) is 0 Å². The summed E-state index contributed by atoms with van der Waals surface area (Å²) in [6.45, 7) is 2.75. The van der Waals surface area contributed by atoms with Crippen molar-refractivity contribution in [2.75, 3.05) is 6.54 Å². The van der Waals surface area contributed by atoms with Gasteiger partial charge in [0, 0.05) is 6.54 Å².